The number of rotatable bonds is 2. The molecule has 1 rings (SSSR count). The summed E-state index contributed by atoms with van der Waals surface area (Å²) in [6.07, 6.45) is -0.324. The number of carbonyl (C=O) groups is 1. The molecule has 0 saturated carbocycles. The van der Waals surface area contributed by atoms with Gasteiger partial charge >= 0.3 is 0 Å². The molecule has 0 aromatic rings. The standard InChI is InChI=1S/C10H20N2O2.ClH/c1-10(2,3)9(14)12-5-7-4-11-6-8(7)13;/h7-8,11,13H,4-6H2,1-3H3,(H,12,14);1H. The number of β-amino-alcohol motifs (C(OH)–C–C–N with tert-alkyl or cyclic N) is 1. The van der Waals surface area contributed by atoms with Gasteiger partial charge in [-0.2, -0.15) is 0 Å². The van der Waals surface area contributed by atoms with Gasteiger partial charge in [-0.05, 0) is 0 Å². The molecular formula is C10H21ClN2O2. The van der Waals surface area contributed by atoms with Crippen molar-refractivity contribution in [1.29, 1.82) is 0 Å². The molecule has 0 spiro atoms. The number of nitrogens with one attached hydrogen (secondary N) is 2. The quantitative estimate of drug-likeness (QED) is 0.640. The summed E-state index contributed by atoms with van der Waals surface area (Å²) in [4.78, 5) is 11.5. The lowest BCUT2D eigenvalue weighted by Crippen LogP contribution is -2.40. The van der Waals surface area contributed by atoms with Gasteiger partial charge < -0.3 is 15.7 Å². The fourth-order valence-electron chi connectivity index (χ4n) is 1.42. The van der Waals surface area contributed by atoms with Gasteiger partial charge in [0.2, 0.25) is 5.91 Å². The third kappa shape index (κ3) is 4.36. The van der Waals surface area contributed by atoms with E-state index in [1.807, 2.05) is 20.8 Å². The highest BCUT2D eigenvalue weighted by Crippen LogP contribution is 2.13. The van der Waals surface area contributed by atoms with Crippen LogP contribution in [0.4, 0.5) is 0 Å². The van der Waals surface area contributed by atoms with E-state index in [2.05, 4.69) is 10.6 Å². The maximum absolute atomic E-state index is 11.5. The molecule has 0 aromatic carbocycles. The first-order valence-electron chi connectivity index (χ1n) is 5.08. The lowest BCUT2D eigenvalue weighted by atomic mass is 9.95. The monoisotopic (exact) mass is 236 g/mol. The minimum atomic E-state index is -0.350. The van der Waals surface area contributed by atoms with Crippen molar-refractivity contribution < 1.29 is 9.90 Å². The Balaban J connectivity index is 0.00000196. The summed E-state index contributed by atoms with van der Waals surface area (Å²) in [7, 11) is 0. The van der Waals surface area contributed by atoms with E-state index in [-0.39, 0.29) is 35.8 Å². The minimum Gasteiger partial charge on any atom is -0.391 e. The van der Waals surface area contributed by atoms with Gasteiger partial charge in [0, 0.05) is 31.0 Å². The third-order valence-electron chi connectivity index (χ3n) is 2.51. The van der Waals surface area contributed by atoms with Crippen molar-refractivity contribution in [3.8, 4) is 0 Å². The molecule has 2 unspecified atom stereocenters. The summed E-state index contributed by atoms with van der Waals surface area (Å²) in [5.41, 5.74) is -0.350. The normalized spacial score (nSPS) is 25.9. The Morgan fingerprint density at radius 1 is 1.47 bits per heavy atom. The first-order chi connectivity index (χ1) is 6.41. The Morgan fingerprint density at radius 3 is 2.47 bits per heavy atom. The molecule has 90 valence electrons. The predicted molar refractivity (Wildman–Crippen MR) is 62.1 cm³/mol. The SMILES string of the molecule is CC(C)(C)C(=O)NCC1CNCC1O.Cl. The Labute approximate surface area is 97.2 Å². The summed E-state index contributed by atoms with van der Waals surface area (Å²) < 4.78 is 0. The summed E-state index contributed by atoms with van der Waals surface area (Å²) in [5.74, 6) is 0.192. The van der Waals surface area contributed by atoms with Crippen LogP contribution in [-0.4, -0.2) is 36.8 Å². The summed E-state index contributed by atoms with van der Waals surface area (Å²) in [6, 6.07) is 0. The lowest BCUT2D eigenvalue weighted by molar-refractivity contribution is -0.128. The predicted octanol–water partition coefficient (Wildman–Crippen LogP) is 0.151. The van der Waals surface area contributed by atoms with E-state index in [1.165, 1.54) is 0 Å². The molecule has 3 N–H and O–H groups in total. The Kier molecular flexibility index (Phi) is 5.56. The molecule has 0 aliphatic carbocycles. The van der Waals surface area contributed by atoms with E-state index in [4.69, 9.17) is 0 Å². The van der Waals surface area contributed by atoms with Gasteiger partial charge in [0.15, 0.2) is 0 Å². The van der Waals surface area contributed by atoms with Crippen LogP contribution in [0.5, 0.6) is 0 Å². The second kappa shape index (κ2) is 5.68. The summed E-state index contributed by atoms with van der Waals surface area (Å²) in [5, 5.41) is 15.4. The highest BCUT2D eigenvalue weighted by Gasteiger charge is 2.27. The number of aliphatic hydroxyl groups excluding tert-OH is 1. The van der Waals surface area contributed by atoms with Crippen LogP contribution in [0.3, 0.4) is 0 Å². The van der Waals surface area contributed by atoms with E-state index < -0.39 is 0 Å². The Morgan fingerprint density at radius 2 is 2.07 bits per heavy atom. The maximum atomic E-state index is 11.5. The van der Waals surface area contributed by atoms with E-state index in [1.54, 1.807) is 0 Å². The van der Waals surface area contributed by atoms with E-state index in [9.17, 15) is 9.90 Å². The molecule has 1 heterocycles. The van der Waals surface area contributed by atoms with Crippen LogP contribution < -0.4 is 10.6 Å². The van der Waals surface area contributed by atoms with E-state index in [0.717, 1.165) is 6.54 Å². The molecule has 0 aromatic heterocycles. The zero-order valence-corrected chi connectivity index (χ0v) is 10.4. The molecule has 1 saturated heterocycles. The Hall–Kier alpha value is -0.320. The van der Waals surface area contributed by atoms with E-state index in [0.29, 0.717) is 13.1 Å². The third-order valence-corrected chi connectivity index (χ3v) is 2.51. The Bertz CT molecular complexity index is 216. The number of hydrogen-bond acceptors (Lipinski definition) is 3. The van der Waals surface area contributed by atoms with Crippen molar-refractivity contribution in [3.05, 3.63) is 0 Å². The molecule has 0 bridgehead atoms. The van der Waals surface area contributed by atoms with Crippen molar-refractivity contribution in [1.82, 2.24) is 10.6 Å². The fraction of sp³-hybridized carbons (Fsp3) is 0.900. The average Bonchev–Trinajstić information content (AvgIpc) is 2.45. The second-order valence-corrected chi connectivity index (χ2v) is 4.95. The number of carbonyl (C=O) groups excluding carboxylic acids is 1. The number of hydrogen-bond donors (Lipinski definition) is 3. The van der Waals surface area contributed by atoms with Gasteiger partial charge in [0.05, 0.1) is 6.10 Å². The van der Waals surface area contributed by atoms with Crippen LogP contribution in [0.1, 0.15) is 20.8 Å². The maximum Gasteiger partial charge on any atom is 0.225 e. The van der Waals surface area contributed by atoms with Gasteiger partial charge in [-0.15, -0.1) is 12.4 Å². The molecule has 15 heavy (non-hydrogen) atoms. The van der Waals surface area contributed by atoms with Crippen LogP contribution in [0.2, 0.25) is 0 Å². The molecule has 1 amide bonds. The molecule has 4 nitrogen and oxygen atoms in total. The molecule has 1 aliphatic rings. The smallest absolute Gasteiger partial charge is 0.225 e. The number of aliphatic hydroxyl groups is 1. The average molecular weight is 237 g/mol. The zero-order chi connectivity index (χ0) is 10.8. The van der Waals surface area contributed by atoms with Gasteiger partial charge in [-0.3, -0.25) is 4.79 Å². The van der Waals surface area contributed by atoms with Crippen LogP contribution in [-0.2, 0) is 4.79 Å². The molecule has 2 atom stereocenters. The highest BCUT2D eigenvalue weighted by molar-refractivity contribution is 5.85. The molecular weight excluding hydrogens is 216 g/mol. The van der Waals surface area contributed by atoms with Crippen LogP contribution in [0.15, 0.2) is 0 Å². The molecule has 5 heteroatoms. The number of amides is 1. The van der Waals surface area contributed by atoms with Crippen LogP contribution in [0.25, 0.3) is 0 Å². The second-order valence-electron chi connectivity index (χ2n) is 4.95. The van der Waals surface area contributed by atoms with Gasteiger partial charge in [0.1, 0.15) is 0 Å². The fourth-order valence-corrected chi connectivity index (χ4v) is 1.42. The van der Waals surface area contributed by atoms with Crippen molar-refractivity contribution >= 4 is 18.3 Å². The lowest BCUT2D eigenvalue weighted by Gasteiger charge is -2.20. The minimum absolute atomic E-state index is 0. The van der Waals surface area contributed by atoms with Crippen LogP contribution in [0, 0.1) is 11.3 Å². The van der Waals surface area contributed by atoms with Gasteiger partial charge in [-0.1, -0.05) is 20.8 Å². The first kappa shape index (κ1) is 14.7. The number of halogens is 1. The first-order valence-corrected chi connectivity index (χ1v) is 5.08. The zero-order valence-electron chi connectivity index (χ0n) is 9.54. The summed E-state index contributed by atoms with van der Waals surface area (Å²) >= 11 is 0. The van der Waals surface area contributed by atoms with E-state index >= 15 is 0 Å². The van der Waals surface area contributed by atoms with Crippen molar-refractivity contribution in [2.45, 2.75) is 26.9 Å². The molecule has 1 fully saturated rings. The largest absolute Gasteiger partial charge is 0.391 e. The summed E-state index contributed by atoms with van der Waals surface area (Å²) in [6.45, 7) is 7.62. The van der Waals surface area contributed by atoms with Crippen molar-refractivity contribution in [3.63, 3.8) is 0 Å². The molecule has 1 aliphatic heterocycles. The van der Waals surface area contributed by atoms with Crippen LogP contribution >= 0.6 is 12.4 Å². The molecule has 0 radical (unpaired) electrons. The van der Waals surface area contributed by atoms with Crippen molar-refractivity contribution in [2.75, 3.05) is 19.6 Å². The van der Waals surface area contributed by atoms with Crippen molar-refractivity contribution in [2.24, 2.45) is 11.3 Å². The van der Waals surface area contributed by atoms with Gasteiger partial charge in [-0.25, -0.2) is 0 Å². The highest BCUT2D eigenvalue weighted by atomic mass is 35.5. The van der Waals surface area contributed by atoms with Gasteiger partial charge in [0.25, 0.3) is 0 Å². The topological polar surface area (TPSA) is 61.4 Å².